The molecular weight excluding hydrogens is 774 g/mol. The first-order chi connectivity index (χ1) is 26.0. The fraction of sp³-hybridized carbons (Fsp3) is 0.359. The minimum atomic E-state index is -0.646. The van der Waals surface area contributed by atoms with Crippen LogP contribution in [0.1, 0.15) is 47.8 Å². The van der Waals surface area contributed by atoms with E-state index in [2.05, 4.69) is 44.6 Å². The minimum absolute atomic E-state index is 0. The molecular formula is C39H52FN8O6Se. The summed E-state index contributed by atoms with van der Waals surface area (Å²) in [6.45, 7) is 16.0. The van der Waals surface area contributed by atoms with Crippen LogP contribution in [0.4, 0.5) is 4.39 Å². The van der Waals surface area contributed by atoms with Crippen LogP contribution in [0.5, 0.6) is 0 Å². The molecule has 3 rings (SSSR count). The zero-order valence-corrected chi connectivity index (χ0v) is 33.8. The van der Waals surface area contributed by atoms with Crippen molar-refractivity contribution in [2.45, 2.75) is 34.1 Å². The van der Waals surface area contributed by atoms with Gasteiger partial charge >= 0.3 is 17.1 Å². The Kier molecular flexibility index (Phi) is 23.0. The van der Waals surface area contributed by atoms with Gasteiger partial charge < -0.3 is 30.5 Å². The van der Waals surface area contributed by atoms with Gasteiger partial charge in [-0.3, -0.25) is 29.0 Å². The number of hydrazone groups is 1. The maximum absolute atomic E-state index is 14.9. The van der Waals surface area contributed by atoms with E-state index in [9.17, 15) is 28.4 Å². The summed E-state index contributed by atoms with van der Waals surface area (Å²) in [5, 5.41) is 12.4. The van der Waals surface area contributed by atoms with Gasteiger partial charge in [0.1, 0.15) is 5.82 Å². The van der Waals surface area contributed by atoms with Gasteiger partial charge in [0.05, 0.1) is 36.7 Å². The van der Waals surface area contributed by atoms with Gasteiger partial charge in [-0.15, -0.1) is 6.58 Å². The molecule has 14 nitrogen and oxygen atoms in total. The van der Waals surface area contributed by atoms with Gasteiger partial charge in [0.25, 0.3) is 11.8 Å². The van der Waals surface area contributed by atoms with Crippen LogP contribution in [-0.4, -0.2) is 128 Å². The van der Waals surface area contributed by atoms with Crippen molar-refractivity contribution < 1.29 is 33.1 Å². The summed E-state index contributed by atoms with van der Waals surface area (Å²) >= 11 is 0. The van der Waals surface area contributed by atoms with E-state index < -0.39 is 17.6 Å². The summed E-state index contributed by atoms with van der Waals surface area (Å²) in [6.07, 6.45) is 5.25. The van der Waals surface area contributed by atoms with Crippen LogP contribution in [0.25, 0.3) is 0 Å². The monoisotopic (exact) mass is 827 g/mol. The average Bonchev–Trinajstić information content (AvgIpc) is 3.16. The third kappa shape index (κ3) is 16.3. The molecule has 0 atom stereocenters. The van der Waals surface area contributed by atoms with Gasteiger partial charge in [-0.25, -0.2) is 9.82 Å². The molecule has 1 aliphatic rings. The van der Waals surface area contributed by atoms with E-state index in [1.54, 1.807) is 24.0 Å². The van der Waals surface area contributed by atoms with Crippen LogP contribution in [0, 0.1) is 12.7 Å². The fourth-order valence-corrected chi connectivity index (χ4v) is 5.21. The van der Waals surface area contributed by atoms with Crippen LogP contribution in [0.3, 0.4) is 0 Å². The normalized spacial score (nSPS) is 13.0. The molecule has 297 valence electrons. The molecule has 1 aliphatic heterocycles. The molecule has 1 heterocycles. The Morgan fingerprint density at radius 3 is 2.24 bits per heavy atom. The molecule has 1 radical (unpaired) electrons. The molecule has 0 saturated carbocycles. The molecule has 0 aromatic heterocycles. The van der Waals surface area contributed by atoms with Gasteiger partial charge in [0, 0.05) is 64.4 Å². The van der Waals surface area contributed by atoms with Crippen molar-refractivity contribution in [2.75, 3.05) is 59.0 Å². The molecule has 0 bridgehead atoms. The predicted molar refractivity (Wildman–Crippen MR) is 214 cm³/mol. The Balaban J connectivity index is 0.00000365. The number of halogens is 1. The third-order valence-electron chi connectivity index (χ3n) is 7.74. The fourth-order valence-electron chi connectivity index (χ4n) is 5.21. The number of allylic oxidation sites excluding steroid dienone is 2. The van der Waals surface area contributed by atoms with Gasteiger partial charge in [0.15, 0.2) is 5.70 Å². The number of nitrogens with zero attached hydrogens (tertiary/aromatic N) is 4. The summed E-state index contributed by atoms with van der Waals surface area (Å²) in [5.41, 5.74) is 5.47. The average molecular weight is 827 g/mol. The molecule has 55 heavy (non-hydrogen) atoms. The topological polar surface area (TPSA) is 174 Å². The Labute approximate surface area is 332 Å². The third-order valence-corrected chi connectivity index (χ3v) is 7.74. The molecule has 1 saturated heterocycles. The second kappa shape index (κ2) is 26.5. The molecule has 0 unspecified atom stereocenters. The predicted octanol–water partition coefficient (Wildman–Crippen LogP) is 2.00. The van der Waals surface area contributed by atoms with Crippen molar-refractivity contribution in [3.63, 3.8) is 0 Å². The number of aryl methyl sites for hydroxylation is 1. The molecule has 16 heteroatoms. The van der Waals surface area contributed by atoms with Crippen LogP contribution >= 0.6 is 0 Å². The van der Waals surface area contributed by atoms with Crippen LogP contribution < -0.4 is 21.4 Å². The van der Waals surface area contributed by atoms with Crippen molar-refractivity contribution in [1.82, 2.24) is 31.2 Å². The van der Waals surface area contributed by atoms with E-state index in [1.165, 1.54) is 36.2 Å². The standard InChI is InChI=1S/C36H45FN8O6.C3H6.HSe/c1-5-31(42-26(4)47)34(39-6-2)35(49)40-14-20-51-19-13-38-23-33(48)44-15-17-45(18-16-44)36(50)29-21-27(11-12-30(29)37)22-32(43-41-24-46)28-10-8-7-9-25(28)3;1-3-2;/h5-12,21,24,38H,1,13-20,22-23H2,2-4H3,(H,40,49)(H,41,46)(H,42,47);3H,1H2,2H3;1H/b34-31+,39-6?,43-32-;;. The first kappa shape index (κ1) is 47.7. The Morgan fingerprint density at radius 2 is 1.62 bits per heavy atom. The summed E-state index contributed by atoms with van der Waals surface area (Å²) in [4.78, 5) is 68.1. The van der Waals surface area contributed by atoms with E-state index in [4.69, 9.17) is 4.74 Å². The number of nitrogens with one attached hydrogen (secondary N) is 4. The number of piperazine rings is 1. The number of rotatable bonds is 18. The van der Waals surface area contributed by atoms with Crippen molar-refractivity contribution in [3.05, 3.63) is 107 Å². The SMILES string of the molecule is C=C/C(NC(C)=O)=C(\N=CC)C(=O)NCCOCCNCC(=O)N1CCN(C(=O)c2cc(C/C(=N/NC=O)c3ccccc3C)ccc2F)CC1.C=CC.[SeH]. The van der Waals surface area contributed by atoms with E-state index >= 15 is 0 Å². The number of carbonyl (C=O) groups is 5. The molecule has 2 aromatic rings. The molecule has 1 fully saturated rings. The Hall–Kier alpha value is -5.28. The van der Waals surface area contributed by atoms with Gasteiger partial charge in [-0.05, 0) is 50.1 Å². The first-order valence-corrected chi connectivity index (χ1v) is 17.4. The molecule has 2 aromatic carbocycles. The second-order valence-electron chi connectivity index (χ2n) is 11.8. The number of hydrogen-bond acceptors (Lipinski definition) is 9. The summed E-state index contributed by atoms with van der Waals surface area (Å²) in [7, 11) is 0. The second-order valence-corrected chi connectivity index (χ2v) is 11.8. The number of ether oxygens (including phenoxy) is 1. The molecule has 0 spiro atoms. The number of hydrogen-bond donors (Lipinski definition) is 4. The number of amides is 5. The molecule has 5 amide bonds. The quantitative estimate of drug-likeness (QED) is 0.0260. The molecule has 4 N–H and O–H groups in total. The van der Waals surface area contributed by atoms with Crippen LogP contribution in [-0.2, 0) is 30.3 Å². The summed E-state index contributed by atoms with van der Waals surface area (Å²) in [5.74, 6) is -2.10. The first-order valence-electron chi connectivity index (χ1n) is 17.4. The van der Waals surface area contributed by atoms with Gasteiger partial charge in [-0.1, -0.05) is 43.0 Å². The van der Waals surface area contributed by atoms with Gasteiger partial charge in [0.2, 0.25) is 18.2 Å². The van der Waals surface area contributed by atoms with Crippen molar-refractivity contribution in [3.8, 4) is 0 Å². The van der Waals surface area contributed by atoms with E-state index in [-0.39, 0.29) is 85.0 Å². The van der Waals surface area contributed by atoms with Crippen molar-refractivity contribution in [2.24, 2.45) is 10.1 Å². The van der Waals surface area contributed by atoms with Crippen LogP contribution in [0.15, 0.2) is 89.3 Å². The molecule has 0 aliphatic carbocycles. The Bertz CT molecular complexity index is 1720. The van der Waals surface area contributed by atoms with Crippen LogP contribution in [0.2, 0.25) is 0 Å². The number of aliphatic imine (C=N–C) groups is 1. The van der Waals surface area contributed by atoms with Crippen molar-refractivity contribution >= 4 is 59.0 Å². The number of carbonyl (C=O) groups excluding carboxylic acids is 5. The zero-order chi connectivity index (χ0) is 39.9. The summed E-state index contributed by atoms with van der Waals surface area (Å²) < 4.78 is 20.4. The van der Waals surface area contributed by atoms with E-state index in [0.717, 1.165) is 11.1 Å². The number of benzene rings is 2. The van der Waals surface area contributed by atoms with Gasteiger partial charge in [-0.2, -0.15) is 5.10 Å². The summed E-state index contributed by atoms with van der Waals surface area (Å²) in [6, 6.07) is 11.9. The van der Waals surface area contributed by atoms with Crippen molar-refractivity contribution in [1.29, 1.82) is 0 Å². The zero-order valence-electron chi connectivity index (χ0n) is 31.9. The Morgan fingerprint density at radius 1 is 0.964 bits per heavy atom. The maximum atomic E-state index is 14.9. The van der Waals surface area contributed by atoms with E-state index in [1.807, 2.05) is 38.1 Å². The van der Waals surface area contributed by atoms with E-state index in [0.29, 0.717) is 43.9 Å².